The maximum absolute atomic E-state index is 5.27. The summed E-state index contributed by atoms with van der Waals surface area (Å²) in [5.74, 6) is 0.954. The van der Waals surface area contributed by atoms with Crippen molar-refractivity contribution >= 4 is 0 Å². The Labute approximate surface area is 116 Å². The lowest BCUT2D eigenvalue weighted by molar-refractivity contribution is 0.0872. The molecule has 4 heteroatoms. The van der Waals surface area contributed by atoms with Gasteiger partial charge in [-0.2, -0.15) is 0 Å². The van der Waals surface area contributed by atoms with Gasteiger partial charge in [0.25, 0.3) is 0 Å². The fourth-order valence-electron chi connectivity index (χ4n) is 2.65. The smallest absolute Gasteiger partial charge is 0.138 e. The van der Waals surface area contributed by atoms with Gasteiger partial charge >= 0.3 is 0 Å². The van der Waals surface area contributed by atoms with E-state index in [2.05, 4.69) is 43.1 Å². The van der Waals surface area contributed by atoms with Crippen LogP contribution >= 0.6 is 0 Å². The Hall–Kier alpha value is -0.870. The van der Waals surface area contributed by atoms with Crippen molar-refractivity contribution in [3.05, 3.63) is 17.0 Å². The fourth-order valence-corrected chi connectivity index (χ4v) is 2.65. The van der Waals surface area contributed by atoms with Crippen LogP contribution in [0.1, 0.15) is 44.7 Å². The molecule has 2 heterocycles. The maximum Gasteiger partial charge on any atom is 0.138 e. The normalized spacial score (nSPS) is 25.8. The van der Waals surface area contributed by atoms with Gasteiger partial charge in [0.15, 0.2) is 0 Å². The van der Waals surface area contributed by atoms with Gasteiger partial charge in [0.1, 0.15) is 5.76 Å². The van der Waals surface area contributed by atoms with E-state index in [4.69, 9.17) is 4.52 Å². The van der Waals surface area contributed by atoms with Gasteiger partial charge in [-0.05, 0) is 26.2 Å². The van der Waals surface area contributed by atoms with Crippen LogP contribution in [-0.2, 0) is 6.54 Å². The lowest BCUT2D eigenvalue weighted by Crippen LogP contribution is -2.59. The monoisotopic (exact) mass is 265 g/mol. The molecule has 0 saturated carbocycles. The Morgan fingerprint density at radius 3 is 2.58 bits per heavy atom. The van der Waals surface area contributed by atoms with E-state index in [0.29, 0.717) is 12.1 Å². The SMILES string of the molecule is Cc1noc(C)c1CN1CC(C(C)(C)C)NCC1C. The molecule has 0 bridgehead atoms. The van der Waals surface area contributed by atoms with Crippen molar-refractivity contribution in [2.75, 3.05) is 13.1 Å². The van der Waals surface area contributed by atoms with Crippen molar-refractivity contribution in [1.29, 1.82) is 0 Å². The number of aromatic nitrogens is 1. The standard InChI is InChI=1S/C15H27N3O/c1-10-7-16-14(15(4,5)6)9-18(10)8-13-11(2)17-19-12(13)3/h10,14,16H,7-9H2,1-6H3. The predicted molar refractivity (Wildman–Crippen MR) is 77.1 cm³/mol. The molecule has 1 aromatic rings. The molecule has 1 aliphatic rings. The molecule has 1 fully saturated rings. The fraction of sp³-hybridized carbons (Fsp3) is 0.800. The lowest BCUT2D eigenvalue weighted by atomic mass is 9.84. The Morgan fingerprint density at radius 1 is 1.37 bits per heavy atom. The van der Waals surface area contributed by atoms with Crippen molar-refractivity contribution in [3.8, 4) is 0 Å². The maximum atomic E-state index is 5.27. The minimum atomic E-state index is 0.289. The van der Waals surface area contributed by atoms with E-state index < -0.39 is 0 Å². The second kappa shape index (κ2) is 5.25. The zero-order chi connectivity index (χ0) is 14.2. The average molecular weight is 265 g/mol. The van der Waals surface area contributed by atoms with Gasteiger partial charge in [-0.25, -0.2) is 0 Å². The van der Waals surface area contributed by atoms with E-state index in [1.54, 1.807) is 0 Å². The molecule has 2 rings (SSSR count). The van der Waals surface area contributed by atoms with E-state index in [1.807, 2.05) is 13.8 Å². The van der Waals surface area contributed by atoms with E-state index in [-0.39, 0.29) is 5.41 Å². The number of nitrogens with one attached hydrogen (secondary N) is 1. The molecule has 0 radical (unpaired) electrons. The third-order valence-corrected chi connectivity index (χ3v) is 4.29. The number of rotatable bonds is 2. The molecule has 2 atom stereocenters. The van der Waals surface area contributed by atoms with Gasteiger partial charge < -0.3 is 9.84 Å². The summed E-state index contributed by atoms with van der Waals surface area (Å²) in [5, 5.41) is 7.72. The highest BCUT2D eigenvalue weighted by atomic mass is 16.5. The van der Waals surface area contributed by atoms with Crippen LogP contribution in [0.15, 0.2) is 4.52 Å². The van der Waals surface area contributed by atoms with Crippen molar-refractivity contribution in [1.82, 2.24) is 15.4 Å². The predicted octanol–water partition coefficient (Wildman–Crippen LogP) is 2.50. The largest absolute Gasteiger partial charge is 0.361 e. The molecule has 19 heavy (non-hydrogen) atoms. The highest BCUT2D eigenvalue weighted by Gasteiger charge is 2.32. The number of piperazine rings is 1. The van der Waals surface area contributed by atoms with Crippen molar-refractivity contribution in [2.45, 2.75) is 60.2 Å². The topological polar surface area (TPSA) is 41.3 Å². The highest BCUT2D eigenvalue weighted by molar-refractivity contribution is 5.20. The van der Waals surface area contributed by atoms with E-state index >= 15 is 0 Å². The van der Waals surface area contributed by atoms with Gasteiger partial charge in [0.05, 0.1) is 5.69 Å². The number of hydrogen-bond acceptors (Lipinski definition) is 4. The zero-order valence-corrected chi connectivity index (χ0v) is 13.1. The minimum Gasteiger partial charge on any atom is -0.361 e. The van der Waals surface area contributed by atoms with Crippen LogP contribution < -0.4 is 5.32 Å². The Balaban J connectivity index is 2.10. The van der Waals surface area contributed by atoms with Gasteiger partial charge in [-0.15, -0.1) is 0 Å². The number of aryl methyl sites for hydroxylation is 2. The summed E-state index contributed by atoms with van der Waals surface area (Å²) in [7, 11) is 0. The first-order valence-corrected chi connectivity index (χ1v) is 7.18. The van der Waals surface area contributed by atoms with Crippen molar-refractivity contribution in [3.63, 3.8) is 0 Å². The second-order valence-electron chi connectivity index (χ2n) is 6.91. The van der Waals surface area contributed by atoms with Crippen LogP contribution in [0.4, 0.5) is 0 Å². The molecule has 4 nitrogen and oxygen atoms in total. The third kappa shape index (κ3) is 3.18. The minimum absolute atomic E-state index is 0.289. The second-order valence-corrected chi connectivity index (χ2v) is 6.91. The molecule has 2 unspecified atom stereocenters. The molecular formula is C15H27N3O. The summed E-state index contributed by atoms with van der Waals surface area (Å²) in [6, 6.07) is 1.08. The quantitative estimate of drug-likeness (QED) is 0.892. The van der Waals surface area contributed by atoms with E-state index in [9.17, 15) is 0 Å². The van der Waals surface area contributed by atoms with Gasteiger partial charge in [-0.3, -0.25) is 4.90 Å². The third-order valence-electron chi connectivity index (χ3n) is 4.29. The van der Waals surface area contributed by atoms with Crippen LogP contribution in [0.3, 0.4) is 0 Å². The zero-order valence-electron chi connectivity index (χ0n) is 13.1. The van der Waals surface area contributed by atoms with Gasteiger partial charge in [0.2, 0.25) is 0 Å². The van der Waals surface area contributed by atoms with Crippen molar-refractivity contribution < 1.29 is 4.52 Å². The van der Waals surface area contributed by atoms with Crippen LogP contribution in [0.2, 0.25) is 0 Å². The lowest BCUT2D eigenvalue weighted by Gasteiger charge is -2.44. The van der Waals surface area contributed by atoms with E-state index in [1.165, 1.54) is 5.56 Å². The molecule has 0 amide bonds. The van der Waals surface area contributed by atoms with Gasteiger partial charge in [0, 0.05) is 37.3 Å². The number of hydrogen-bond donors (Lipinski definition) is 1. The summed E-state index contributed by atoms with van der Waals surface area (Å²) >= 11 is 0. The highest BCUT2D eigenvalue weighted by Crippen LogP contribution is 2.25. The first kappa shape index (κ1) is 14.5. The van der Waals surface area contributed by atoms with E-state index in [0.717, 1.165) is 31.1 Å². The Bertz CT molecular complexity index is 414. The summed E-state index contributed by atoms with van der Waals surface area (Å²) in [4.78, 5) is 2.54. The Morgan fingerprint density at radius 2 is 2.05 bits per heavy atom. The molecule has 1 saturated heterocycles. The molecule has 0 aromatic carbocycles. The van der Waals surface area contributed by atoms with Crippen LogP contribution in [-0.4, -0.2) is 35.2 Å². The van der Waals surface area contributed by atoms with Crippen LogP contribution in [0.25, 0.3) is 0 Å². The Kier molecular flexibility index (Phi) is 4.02. The molecule has 0 aliphatic carbocycles. The average Bonchev–Trinajstić information content (AvgIpc) is 2.62. The van der Waals surface area contributed by atoms with Crippen LogP contribution in [0, 0.1) is 19.3 Å². The summed E-state index contributed by atoms with van der Waals surface area (Å²) < 4.78 is 5.27. The molecule has 1 aromatic heterocycles. The van der Waals surface area contributed by atoms with Gasteiger partial charge in [-0.1, -0.05) is 25.9 Å². The summed E-state index contributed by atoms with van der Waals surface area (Å²) in [6.45, 7) is 16.3. The molecule has 0 spiro atoms. The molecular weight excluding hydrogens is 238 g/mol. The van der Waals surface area contributed by atoms with Crippen molar-refractivity contribution in [2.24, 2.45) is 5.41 Å². The van der Waals surface area contributed by atoms with Crippen LogP contribution in [0.5, 0.6) is 0 Å². The number of nitrogens with zero attached hydrogens (tertiary/aromatic N) is 2. The molecule has 108 valence electrons. The first-order valence-electron chi connectivity index (χ1n) is 7.18. The summed E-state index contributed by atoms with van der Waals surface area (Å²) in [6.07, 6.45) is 0. The summed E-state index contributed by atoms with van der Waals surface area (Å²) in [5.41, 5.74) is 2.56. The molecule has 1 aliphatic heterocycles. The first-order chi connectivity index (χ1) is 8.79. The molecule has 1 N–H and O–H groups in total.